The molecular weight excluding hydrogens is 352 g/mol. The monoisotopic (exact) mass is 370 g/mol. The largest absolute Gasteiger partial charge is 0.448 e. The fourth-order valence-electron chi connectivity index (χ4n) is 3.53. The Kier molecular flexibility index (Phi) is 4.55. The summed E-state index contributed by atoms with van der Waals surface area (Å²) in [4.78, 5) is 28.9. The van der Waals surface area contributed by atoms with Gasteiger partial charge in [0, 0.05) is 43.3 Å². The van der Waals surface area contributed by atoms with Gasteiger partial charge in [-0.2, -0.15) is 0 Å². The molecule has 0 bridgehead atoms. The van der Waals surface area contributed by atoms with Crippen LogP contribution in [0.3, 0.4) is 0 Å². The minimum Gasteiger partial charge on any atom is -0.448 e. The number of ether oxygens (including phenoxy) is 1. The molecule has 2 heterocycles. The van der Waals surface area contributed by atoms with Crippen LogP contribution in [0, 0.1) is 0 Å². The summed E-state index contributed by atoms with van der Waals surface area (Å²) in [5, 5.41) is 0.703. The Morgan fingerprint density at radius 3 is 2.58 bits per heavy atom. The summed E-state index contributed by atoms with van der Waals surface area (Å²) in [5.41, 5.74) is 2.49. The van der Waals surface area contributed by atoms with Crippen molar-refractivity contribution in [2.45, 2.75) is 12.5 Å². The van der Waals surface area contributed by atoms with Crippen LogP contribution in [-0.2, 0) is 16.0 Å². The van der Waals surface area contributed by atoms with Crippen molar-refractivity contribution in [3.8, 4) is 0 Å². The number of halogens is 1. The van der Waals surface area contributed by atoms with Crippen molar-refractivity contribution in [2.75, 3.05) is 31.1 Å². The Hall–Kier alpha value is -2.53. The average Bonchev–Trinajstić information content (AvgIpc) is 2.67. The van der Waals surface area contributed by atoms with E-state index < -0.39 is 12.1 Å². The van der Waals surface area contributed by atoms with E-state index >= 15 is 0 Å². The molecule has 0 aromatic heterocycles. The molecule has 0 N–H and O–H groups in total. The number of hydrogen-bond donors (Lipinski definition) is 0. The van der Waals surface area contributed by atoms with Gasteiger partial charge in [0.2, 0.25) is 0 Å². The van der Waals surface area contributed by atoms with Gasteiger partial charge in [-0.15, -0.1) is 0 Å². The lowest BCUT2D eigenvalue weighted by atomic mass is 9.98. The van der Waals surface area contributed by atoms with Crippen LogP contribution in [0.15, 0.2) is 48.5 Å². The molecule has 2 aromatic carbocycles. The minimum absolute atomic E-state index is 0.112. The Morgan fingerprint density at radius 1 is 1.04 bits per heavy atom. The molecular formula is C20H19ClN2O3. The van der Waals surface area contributed by atoms with Crippen LogP contribution in [0.4, 0.5) is 5.69 Å². The third-order valence-electron chi connectivity index (χ3n) is 4.93. The van der Waals surface area contributed by atoms with E-state index in [2.05, 4.69) is 4.90 Å². The molecule has 0 aliphatic carbocycles. The highest BCUT2D eigenvalue weighted by Crippen LogP contribution is 2.24. The number of fused-ring (bicyclic) bond motifs is 1. The van der Waals surface area contributed by atoms with Gasteiger partial charge in [-0.05, 0) is 29.8 Å². The number of benzene rings is 2. The van der Waals surface area contributed by atoms with E-state index in [1.165, 1.54) is 0 Å². The third-order valence-corrected chi connectivity index (χ3v) is 5.17. The fraction of sp³-hybridized carbons (Fsp3) is 0.300. The number of rotatable bonds is 2. The third kappa shape index (κ3) is 3.27. The highest BCUT2D eigenvalue weighted by molar-refractivity contribution is 6.30. The van der Waals surface area contributed by atoms with Crippen LogP contribution in [0.1, 0.15) is 15.9 Å². The zero-order chi connectivity index (χ0) is 18.1. The van der Waals surface area contributed by atoms with Crippen LogP contribution in [0.2, 0.25) is 5.02 Å². The summed E-state index contributed by atoms with van der Waals surface area (Å²) in [6, 6.07) is 15.0. The summed E-state index contributed by atoms with van der Waals surface area (Å²) in [6.07, 6.45) is -0.287. The number of hydrogen-bond acceptors (Lipinski definition) is 4. The zero-order valence-electron chi connectivity index (χ0n) is 14.2. The minimum atomic E-state index is -0.727. The summed E-state index contributed by atoms with van der Waals surface area (Å²) in [6.45, 7) is 2.65. The van der Waals surface area contributed by atoms with Crippen molar-refractivity contribution in [3.63, 3.8) is 0 Å². The van der Waals surface area contributed by atoms with Gasteiger partial charge in [-0.1, -0.05) is 35.9 Å². The molecule has 134 valence electrons. The molecule has 6 heteroatoms. The van der Waals surface area contributed by atoms with E-state index in [4.69, 9.17) is 16.3 Å². The molecule has 0 unspecified atom stereocenters. The number of amides is 1. The van der Waals surface area contributed by atoms with Gasteiger partial charge in [0.05, 0.1) is 5.56 Å². The first-order valence-electron chi connectivity index (χ1n) is 8.70. The molecule has 2 aromatic rings. The van der Waals surface area contributed by atoms with Gasteiger partial charge in [0.1, 0.15) is 0 Å². The van der Waals surface area contributed by atoms with Gasteiger partial charge in [-0.25, -0.2) is 4.79 Å². The number of anilines is 1. The predicted octanol–water partition coefficient (Wildman–Crippen LogP) is 2.77. The molecule has 1 amide bonds. The number of carbonyl (C=O) groups excluding carboxylic acids is 2. The molecule has 0 saturated carbocycles. The predicted molar refractivity (Wildman–Crippen MR) is 99.6 cm³/mol. The van der Waals surface area contributed by atoms with Crippen LogP contribution in [-0.4, -0.2) is 49.1 Å². The van der Waals surface area contributed by atoms with E-state index in [9.17, 15) is 9.59 Å². The highest BCUT2D eigenvalue weighted by Gasteiger charge is 2.34. The summed E-state index contributed by atoms with van der Waals surface area (Å²) in [5.74, 6) is -0.527. The van der Waals surface area contributed by atoms with E-state index in [1.54, 1.807) is 17.0 Å². The van der Waals surface area contributed by atoms with Crippen molar-refractivity contribution in [1.82, 2.24) is 4.90 Å². The Bertz CT molecular complexity index is 846. The molecule has 2 aliphatic heterocycles. The lowest BCUT2D eigenvalue weighted by molar-refractivity contribution is -0.141. The normalized spacial score (nSPS) is 19.7. The number of piperazine rings is 1. The molecule has 0 radical (unpaired) electrons. The van der Waals surface area contributed by atoms with Crippen LogP contribution in [0.25, 0.3) is 0 Å². The van der Waals surface area contributed by atoms with Crippen molar-refractivity contribution < 1.29 is 14.3 Å². The maximum absolute atomic E-state index is 12.8. The topological polar surface area (TPSA) is 49.9 Å². The Labute approximate surface area is 157 Å². The Balaban J connectivity index is 1.41. The van der Waals surface area contributed by atoms with Gasteiger partial charge in [-0.3, -0.25) is 4.79 Å². The first-order chi connectivity index (χ1) is 12.6. The molecule has 4 rings (SSSR count). The van der Waals surface area contributed by atoms with Crippen molar-refractivity contribution in [3.05, 3.63) is 64.7 Å². The molecule has 2 aliphatic rings. The lowest BCUT2D eigenvalue weighted by Crippen LogP contribution is -2.53. The van der Waals surface area contributed by atoms with Crippen LogP contribution < -0.4 is 4.90 Å². The van der Waals surface area contributed by atoms with Gasteiger partial charge < -0.3 is 14.5 Å². The zero-order valence-corrected chi connectivity index (χ0v) is 15.0. The number of carbonyl (C=O) groups is 2. The number of esters is 1. The smallest absolute Gasteiger partial charge is 0.339 e. The fourth-order valence-corrected chi connectivity index (χ4v) is 3.72. The van der Waals surface area contributed by atoms with E-state index in [0.29, 0.717) is 30.1 Å². The second-order valence-electron chi connectivity index (χ2n) is 6.55. The van der Waals surface area contributed by atoms with E-state index in [-0.39, 0.29) is 5.91 Å². The standard InChI is InChI=1S/C20H19ClN2O3/c21-15-5-3-6-16(13-15)22-8-10-23(11-9-22)19(24)18-12-14-4-1-2-7-17(14)20(25)26-18/h1-7,13,18H,8-12H2/t18-/m0/s1. The molecule has 5 nitrogen and oxygen atoms in total. The SMILES string of the molecule is O=C1O[C@H](C(=O)N2CCN(c3cccc(Cl)c3)CC2)Cc2ccccc21. The molecule has 1 atom stereocenters. The second-order valence-corrected chi connectivity index (χ2v) is 6.98. The summed E-state index contributed by atoms with van der Waals surface area (Å²) in [7, 11) is 0. The summed E-state index contributed by atoms with van der Waals surface area (Å²) < 4.78 is 5.39. The van der Waals surface area contributed by atoms with Crippen LogP contribution >= 0.6 is 11.6 Å². The van der Waals surface area contributed by atoms with Crippen molar-refractivity contribution in [1.29, 1.82) is 0 Å². The van der Waals surface area contributed by atoms with Gasteiger partial charge in [0.15, 0.2) is 6.10 Å². The maximum atomic E-state index is 12.8. The lowest BCUT2D eigenvalue weighted by Gasteiger charge is -2.38. The second kappa shape index (κ2) is 7.00. The molecule has 0 spiro atoms. The highest BCUT2D eigenvalue weighted by atomic mass is 35.5. The Morgan fingerprint density at radius 2 is 1.81 bits per heavy atom. The molecule has 1 saturated heterocycles. The van der Waals surface area contributed by atoms with E-state index in [0.717, 1.165) is 24.3 Å². The molecule has 26 heavy (non-hydrogen) atoms. The van der Waals surface area contributed by atoms with Crippen molar-refractivity contribution >= 4 is 29.2 Å². The first-order valence-corrected chi connectivity index (χ1v) is 9.08. The number of cyclic esters (lactones) is 1. The van der Waals surface area contributed by atoms with Gasteiger partial charge in [0.25, 0.3) is 5.91 Å². The van der Waals surface area contributed by atoms with E-state index in [1.807, 2.05) is 36.4 Å². The van der Waals surface area contributed by atoms with Crippen molar-refractivity contribution in [2.24, 2.45) is 0 Å². The quantitative estimate of drug-likeness (QED) is 0.763. The first kappa shape index (κ1) is 16.9. The number of nitrogens with zero attached hydrogens (tertiary/aromatic N) is 2. The molecule has 1 fully saturated rings. The summed E-state index contributed by atoms with van der Waals surface area (Å²) >= 11 is 6.06. The van der Waals surface area contributed by atoms with Crippen LogP contribution in [0.5, 0.6) is 0 Å². The maximum Gasteiger partial charge on any atom is 0.339 e. The average molecular weight is 371 g/mol. The van der Waals surface area contributed by atoms with Gasteiger partial charge >= 0.3 is 5.97 Å².